The summed E-state index contributed by atoms with van der Waals surface area (Å²) in [5.74, 6) is 4.88. The van der Waals surface area contributed by atoms with E-state index in [2.05, 4.69) is 41.5 Å². The van der Waals surface area contributed by atoms with Crippen LogP contribution in [0.2, 0.25) is 0 Å². The molecule has 16 heavy (non-hydrogen) atoms. The van der Waals surface area contributed by atoms with Gasteiger partial charge in [0, 0.05) is 19.5 Å². The summed E-state index contributed by atoms with van der Waals surface area (Å²) in [6.07, 6.45) is 0.429. The zero-order chi connectivity index (χ0) is 12.0. The molecule has 0 spiro atoms. The van der Waals surface area contributed by atoms with E-state index in [1.54, 1.807) is 0 Å². The van der Waals surface area contributed by atoms with Crippen LogP contribution in [0.3, 0.4) is 0 Å². The number of hydrogen-bond acceptors (Lipinski definition) is 3. The fraction of sp³-hybridized carbons (Fsp3) is 0.417. The van der Waals surface area contributed by atoms with E-state index < -0.39 is 0 Å². The molecule has 1 aromatic rings. The van der Waals surface area contributed by atoms with Crippen molar-refractivity contribution in [1.82, 2.24) is 10.3 Å². The zero-order valence-electron chi connectivity index (χ0n) is 9.86. The van der Waals surface area contributed by atoms with Crippen LogP contribution in [0.15, 0.2) is 24.3 Å². The van der Waals surface area contributed by atoms with E-state index in [1.807, 2.05) is 7.05 Å². The lowest BCUT2D eigenvalue weighted by molar-refractivity contribution is -0.121. The lowest BCUT2D eigenvalue weighted by Gasteiger charge is -2.16. The van der Waals surface area contributed by atoms with Gasteiger partial charge < -0.3 is 4.90 Å². The van der Waals surface area contributed by atoms with Crippen LogP contribution in [0.5, 0.6) is 0 Å². The third-order valence-corrected chi connectivity index (χ3v) is 2.45. The molecular weight excluding hydrogens is 202 g/mol. The van der Waals surface area contributed by atoms with Gasteiger partial charge in [-0.3, -0.25) is 10.2 Å². The maximum atomic E-state index is 11.0. The van der Waals surface area contributed by atoms with Crippen molar-refractivity contribution >= 4 is 5.91 Å². The van der Waals surface area contributed by atoms with Crippen LogP contribution in [0.4, 0.5) is 0 Å². The highest BCUT2D eigenvalue weighted by Crippen LogP contribution is 2.05. The van der Waals surface area contributed by atoms with Crippen LogP contribution in [0.25, 0.3) is 0 Å². The summed E-state index contributed by atoms with van der Waals surface area (Å²) >= 11 is 0. The Morgan fingerprint density at radius 2 is 2.00 bits per heavy atom. The number of hydrogen-bond donors (Lipinski definition) is 2. The lowest BCUT2D eigenvalue weighted by atomic mass is 10.1. The van der Waals surface area contributed by atoms with Crippen LogP contribution in [-0.4, -0.2) is 24.4 Å². The normalized spacial score (nSPS) is 10.5. The van der Waals surface area contributed by atoms with Crippen LogP contribution in [-0.2, 0) is 11.3 Å². The molecule has 0 aliphatic rings. The Morgan fingerprint density at radius 3 is 2.56 bits per heavy atom. The number of carbonyl (C=O) groups is 1. The summed E-state index contributed by atoms with van der Waals surface area (Å²) in [5.41, 5.74) is 4.64. The van der Waals surface area contributed by atoms with E-state index in [9.17, 15) is 4.79 Å². The first-order valence-corrected chi connectivity index (χ1v) is 5.35. The molecule has 1 rings (SSSR count). The van der Waals surface area contributed by atoms with Crippen molar-refractivity contribution < 1.29 is 4.79 Å². The number of nitrogens with one attached hydrogen (secondary N) is 1. The minimum Gasteiger partial charge on any atom is -0.302 e. The van der Waals surface area contributed by atoms with E-state index in [-0.39, 0.29) is 5.91 Å². The number of amides is 1. The molecule has 0 fully saturated rings. The van der Waals surface area contributed by atoms with Gasteiger partial charge in [-0.25, -0.2) is 5.84 Å². The third-order valence-electron chi connectivity index (χ3n) is 2.45. The van der Waals surface area contributed by atoms with Crippen LogP contribution >= 0.6 is 0 Å². The van der Waals surface area contributed by atoms with E-state index in [4.69, 9.17) is 5.84 Å². The second-order valence-electron chi connectivity index (χ2n) is 4.04. The van der Waals surface area contributed by atoms with Crippen molar-refractivity contribution in [2.45, 2.75) is 19.9 Å². The third kappa shape index (κ3) is 4.42. The molecule has 0 bridgehead atoms. The molecule has 0 unspecified atom stereocenters. The minimum absolute atomic E-state index is 0.129. The van der Waals surface area contributed by atoms with Gasteiger partial charge in [0.15, 0.2) is 0 Å². The van der Waals surface area contributed by atoms with Gasteiger partial charge in [-0.2, -0.15) is 0 Å². The molecule has 0 heterocycles. The molecule has 88 valence electrons. The standard InChI is InChI=1S/C12H19N3O/c1-10-3-5-11(6-4-10)9-15(2)8-7-12(16)14-13/h3-6H,7-9,13H2,1-2H3,(H,14,16). The van der Waals surface area contributed by atoms with Gasteiger partial charge in [-0.15, -0.1) is 0 Å². The second kappa shape index (κ2) is 6.25. The first-order valence-electron chi connectivity index (χ1n) is 5.35. The Labute approximate surface area is 96.4 Å². The molecule has 0 saturated heterocycles. The first kappa shape index (κ1) is 12.7. The van der Waals surface area contributed by atoms with Crippen molar-refractivity contribution in [3.05, 3.63) is 35.4 Å². The zero-order valence-corrected chi connectivity index (χ0v) is 9.86. The van der Waals surface area contributed by atoms with Gasteiger partial charge in [0.1, 0.15) is 0 Å². The van der Waals surface area contributed by atoms with E-state index >= 15 is 0 Å². The molecule has 0 atom stereocenters. The van der Waals surface area contributed by atoms with Gasteiger partial charge in [-0.1, -0.05) is 29.8 Å². The quantitative estimate of drug-likeness (QED) is 0.439. The second-order valence-corrected chi connectivity index (χ2v) is 4.04. The number of nitrogens with two attached hydrogens (primary N) is 1. The molecule has 0 aliphatic carbocycles. The predicted molar refractivity (Wildman–Crippen MR) is 64.5 cm³/mol. The first-order chi connectivity index (χ1) is 7.61. The van der Waals surface area contributed by atoms with Crippen molar-refractivity contribution in [2.75, 3.05) is 13.6 Å². The van der Waals surface area contributed by atoms with Crippen molar-refractivity contribution in [3.63, 3.8) is 0 Å². The highest BCUT2D eigenvalue weighted by atomic mass is 16.2. The summed E-state index contributed by atoms with van der Waals surface area (Å²) in [7, 11) is 1.99. The van der Waals surface area contributed by atoms with Gasteiger partial charge in [0.2, 0.25) is 5.91 Å². The monoisotopic (exact) mass is 221 g/mol. The molecule has 0 saturated carbocycles. The fourth-order valence-corrected chi connectivity index (χ4v) is 1.45. The van der Waals surface area contributed by atoms with Crippen molar-refractivity contribution in [1.29, 1.82) is 0 Å². The molecule has 4 nitrogen and oxygen atoms in total. The average molecular weight is 221 g/mol. The number of benzene rings is 1. The highest BCUT2D eigenvalue weighted by molar-refractivity contribution is 5.75. The van der Waals surface area contributed by atoms with E-state index in [0.717, 1.165) is 6.54 Å². The van der Waals surface area contributed by atoms with Crippen LogP contribution in [0.1, 0.15) is 17.5 Å². The van der Waals surface area contributed by atoms with Crippen molar-refractivity contribution in [2.24, 2.45) is 5.84 Å². The Hall–Kier alpha value is -1.39. The molecule has 0 aromatic heterocycles. The largest absolute Gasteiger partial charge is 0.302 e. The maximum Gasteiger partial charge on any atom is 0.235 e. The molecule has 1 amide bonds. The minimum atomic E-state index is -0.129. The Bertz CT molecular complexity index is 335. The number of carbonyl (C=O) groups excluding carboxylic acids is 1. The van der Waals surface area contributed by atoms with Gasteiger partial charge in [-0.05, 0) is 19.5 Å². The number of aryl methyl sites for hydroxylation is 1. The number of hydrazine groups is 1. The predicted octanol–water partition coefficient (Wildman–Crippen LogP) is 0.807. The SMILES string of the molecule is Cc1ccc(CN(C)CCC(=O)NN)cc1. The van der Waals surface area contributed by atoms with Gasteiger partial charge >= 0.3 is 0 Å². The number of rotatable bonds is 5. The van der Waals surface area contributed by atoms with Gasteiger partial charge in [0.25, 0.3) is 0 Å². The summed E-state index contributed by atoms with van der Waals surface area (Å²) < 4.78 is 0. The molecule has 1 aromatic carbocycles. The van der Waals surface area contributed by atoms with E-state index in [0.29, 0.717) is 13.0 Å². The van der Waals surface area contributed by atoms with Gasteiger partial charge in [0.05, 0.1) is 0 Å². The Kier molecular flexibility index (Phi) is 4.95. The molecule has 0 aliphatic heterocycles. The van der Waals surface area contributed by atoms with E-state index in [1.165, 1.54) is 11.1 Å². The fourth-order valence-electron chi connectivity index (χ4n) is 1.45. The smallest absolute Gasteiger partial charge is 0.235 e. The van der Waals surface area contributed by atoms with Crippen LogP contribution in [0, 0.1) is 6.92 Å². The molecule has 4 heteroatoms. The Balaban J connectivity index is 2.36. The van der Waals surface area contributed by atoms with Crippen molar-refractivity contribution in [3.8, 4) is 0 Å². The van der Waals surface area contributed by atoms with Crippen LogP contribution < -0.4 is 11.3 Å². The molecular formula is C12H19N3O. The summed E-state index contributed by atoms with van der Waals surface area (Å²) in [4.78, 5) is 13.0. The highest BCUT2D eigenvalue weighted by Gasteiger charge is 2.03. The Morgan fingerprint density at radius 1 is 1.38 bits per heavy atom. The average Bonchev–Trinajstić information content (AvgIpc) is 2.29. The maximum absolute atomic E-state index is 11.0. The summed E-state index contributed by atoms with van der Waals surface area (Å²) in [6.45, 7) is 3.62. The summed E-state index contributed by atoms with van der Waals surface area (Å²) in [5, 5.41) is 0. The topological polar surface area (TPSA) is 58.4 Å². The number of nitrogens with zero attached hydrogens (tertiary/aromatic N) is 1. The lowest BCUT2D eigenvalue weighted by Crippen LogP contribution is -2.33. The molecule has 3 N–H and O–H groups in total. The molecule has 0 radical (unpaired) electrons. The summed E-state index contributed by atoms with van der Waals surface area (Å²) in [6, 6.07) is 8.40.